The van der Waals surface area contributed by atoms with E-state index in [0.717, 1.165) is 29.8 Å². The Bertz CT molecular complexity index is 584. The molecular weight excluding hydrogens is 280 g/mol. The molecule has 0 fully saturated rings. The Balaban J connectivity index is 2.09. The van der Waals surface area contributed by atoms with Crippen molar-refractivity contribution in [2.75, 3.05) is 24.3 Å². The number of rotatable bonds is 7. The standard InChI is InChI=1S/C12H17ClN6O/c1-2-3-15-11-9-7-18-19(12(9)17-8-16-11)5-4-14-10(20)6-13/h7-8H,2-6H2,1H3,(H,14,20)(H,15,16,17). The Morgan fingerprint density at radius 2 is 2.25 bits per heavy atom. The Morgan fingerprint density at radius 1 is 1.40 bits per heavy atom. The molecule has 2 rings (SSSR count). The lowest BCUT2D eigenvalue weighted by Gasteiger charge is -2.06. The van der Waals surface area contributed by atoms with Crippen LogP contribution in [-0.2, 0) is 11.3 Å². The predicted molar refractivity (Wildman–Crippen MR) is 77.8 cm³/mol. The first kappa shape index (κ1) is 14.5. The van der Waals surface area contributed by atoms with Gasteiger partial charge in [0.05, 0.1) is 18.1 Å². The molecule has 0 saturated heterocycles. The molecule has 8 heteroatoms. The quantitative estimate of drug-likeness (QED) is 0.745. The monoisotopic (exact) mass is 296 g/mol. The summed E-state index contributed by atoms with van der Waals surface area (Å²) in [6, 6.07) is 0. The van der Waals surface area contributed by atoms with Gasteiger partial charge in [0.15, 0.2) is 5.65 Å². The fourth-order valence-corrected chi connectivity index (χ4v) is 1.88. The predicted octanol–water partition coefficient (Wildman–Crippen LogP) is 1.00. The average Bonchev–Trinajstić information content (AvgIpc) is 2.89. The SMILES string of the molecule is CCCNc1ncnc2c1cnn2CCNC(=O)CCl. The van der Waals surface area contributed by atoms with Gasteiger partial charge in [0, 0.05) is 13.1 Å². The first-order valence-corrected chi connectivity index (χ1v) is 7.02. The highest BCUT2D eigenvalue weighted by molar-refractivity contribution is 6.27. The molecule has 0 aliphatic rings. The molecule has 1 amide bonds. The van der Waals surface area contributed by atoms with Gasteiger partial charge >= 0.3 is 0 Å². The number of carbonyl (C=O) groups excluding carboxylic acids is 1. The molecule has 108 valence electrons. The largest absolute Gasteiger partial charge is 0.369 e. The lowest BCUT2D eigenvalue weighted by molar-refractivity contribution is -0.118. The maximum atomic E-state index is 11.1. The summed E-state index contributed by atoms with van der Waals surface area (Å²) >= 11 is 5.41. The molecule has 0 aromatic carbocycles. The Morgan fingerprint density at radius 3 is 3.00 bits per heavy atom. The molecule has 2 heterocycles. The summed E-state index contributed by atoms with van der Waals surface area (Å²) < 4.78 is 1.74. The van der Waals surface area contributed by atoms with Crippen LogP contribution in [0.2, 0.25) is 0 Å². The van der Waals surface area contributed by atoms with Crippen molar-refractivity contribution in [1.29, 1.82) is 0 Å². The average molecular weight is 297 g/mol. The maximum absolute atomic E-state index is 11.1. The number of halogens is 1. The topological polar surface area (TPSA) is 84.7 Å². The van der Waals surface area contributed by atoms with Gasteiger partial charge in [-0.2, -0.15) is 5.10 Å². The second-order valence-electron chi connectivity index (χ2n) is 4.24. The smallest absolute Gasteiger partial charge is 0.234 e. The zero-order chi connectivity index (χ0) is 14.4. The molecule has 0 unspecified atom stereocenters. The van der Waals surface area contributed by atoms with E-state index in [2.05, 4.69) is 32.6 Å². The van der Waals surface area contributed by atoms with Crippen LogP contribution in [0.3, 0.4) is 0 Å². The molecule has 0 bridgehead atoms. The van der Waals surface area contributed by atoms with Gasteiger partial charge in [-0.05, 0) is 6.42 Å². The molecule has 2 aromatic heterocycles. The van der Waals surface area contributed by atoms with Gasteiger partial charge in [0.2, 0.25) is 5.91 Å². The molecular formula is C12H17ClN6O. The number of aromatic nitrogens is 4. The zero-order valence-corrected chi connectivity index (χ0v) is 12.0. The summed E-state index contributed by atoms with van der Waals surface area (Å²) in [7, 11) is 0. The van der Waals surface area contributed by atoms with Gasteiger partial charge in [-0.3, -0.25) is 4.79 Å². The van der Waals surface area contributed by atoms with E-state index in [1.807, 2.05) is 0 Å². The molecule has 20 heavy (non-hydrogen) atoms. The maximum Gasteiger partial charge on any atom is 0.234 e. The number of nitrogens with zero attached hydrogens (tertiary/aromatic N) is 4. The summed E-state index contributed by atoms with van der Waals surface area (Å²) in [4.78, 5) is 19.5. The number of hydrogen-bond donors (Lipinski definition) is 2. The first-order chi connectivity index (χ1) is 9.76. The molecule has 2 aromatic rings. The molecule has 0 radical (unpaired) electrons. The summed E-state index contributed by atoms with van der Waals surface area (Å²) in [5.41, 5.74) is 0.749. The molecule has 0 aliphatic carbocycles. The van der Waals surface area contributed by atoms with Gasteiger partial charge in [-0.1, -0.05) is 6.92 Å². The van der Waals surface area contributed by atoms with Gasteiger partial charge in [0.25, 0.3) is 0 Å². The Kier molecular flexibility index (Phi) is 5.11. The van der Waals surface area contributed by atoms with Crippen molar-refractivity contribution in [2.24, 2.45) is 0 Å². The van der Waals surface area contributed by atoms with E-state index in [1.165, 1.54) is 6.33 Å². The summed E-state index contributed by atoms with van der Waals surface area (Å²) in [5.74, 6) is 0.559. The van der Waals surface area contributed by atoms with Crippen molar-refractivity contribution < 1.29 is 4.79 Å². The Labute approximate surface area is 121 Å². The molecule has 7 nitrogen and oxygen atoms in total. The molecule has 2 N–H and O–H groups in total. The van der Waals surface area contributed by atoms with Crippen molar-refractivity contribution in [1.82, 2.24) is 25.1 Å². The minimum Gasteiger partial charge on any atom is -0.369 e. The van der Waals surface area contributed by atoms with E-state index >= 15 is 0 Å². The van der Waals surface area contributed by atoms with Crippen LogP contribution in [-0.4, -0.2) is 44.6 Å². The van der Waals surface area contributed by atoms with Gasteiger partial charge < -0.3 is 10.6 Å². The normalized spacial score (nSPS) is 10.7. The van der Waals surface area contributed by atoms with Crippen molar-refractivity contribution in [2.45, 2.75) is 19.9 Å². The number of alkyl halides is 1. The van der Waals surface area contributed by atoms with Crippen LogP contribution >= 0.6 is 11.6 Å². The van der Waals surface area contributed by atoms with Gasteiger partial charge in [0.1, 0.15) is 18.0 Å². The second kappa shape index (κ2) is 7.04. The number of nitrogens with one attached hydrogen (secondary N) is 2. The van der Waals surface area contributed by atoms with Crippen molar-refractivity contribution in [3.63, 3.8) is 0 Å². The van der Waals surface area contributed by atoms with Crippen LogP contribution in [0.1, 0.15) is 13.3 Å². The number of fused-ring (bicyclic) bond motifs is 1. The summed E-state index contributed by atoms with van der Waals surface area (Å²) in [6.45, 7) is 3.94. The van der Waals surface area contributed by atoms with Crippen molar-refractivity contribution >= 4 is 34.4 Å². The zero-order valence-electron chi connectivity index (χ0n) is 11.3. The number of anilines is 1. The minimum absolute atomic E-state index is 0.0346. The lowest BCUT2D eigenvalue weighted by atomic mass is 10.3. The summed E-state index contributed by atoms with van der Waals surface area (Å²) in [6.07, 6.45) is 4.26. The van der Waals surface area contributed by atoms with E-state index in [9.17, 15) is 4.79 Å². The fourth-order valence-electron chi connectivity index (χ4n) is 1.79. The summed E-state index contributed by atoms with van der Waals surface area (Å²) in [5, 5.41) is 11.1. The highest BCUT2D eigenvalue weighted by Gasteiger charge is 2.09. The first-order valence-electron chi connectivity index (χ1n) is 6.49. The highest BCUT2D eigenvalue weighted by Crippen LogP contribution is 2.18. The van der Waals surface area contributed by atoms with Crippen LogP contribution in [0.5, 0.6) is 0 Å². The van der Waals surface area contributed by atoms with E-state index < -0.39 is 0 Å². The molecule has 0 atom stereocenters. The van der Waals surface area contributed by atoms with Gasteiger partial charge in [-0.25, -0.2) is 14.6 Å². The lowest BCUT2D eigenvalue weighted by Crippen LogP contribution is -2.28. The molecule has 0 spiro atoms. The van der Waals surface area contributed by atoms with Crippen molar-refractivity contribution in [3.8, 4) is 0 Å². The Hall–Kier alpha value is -1.89. The van der Waals surface area contributed by atoms with E-state index in [-0.39, 0.29) is 11.8 Å². The highest BCUT2D eigenvalue weighted by atomic mass is 35.5. The van der Waals surface area contributed by atoms with Crippen LogP contribution in [0.25, 0.3) is 11.0 Å². The molecule has 0 aliphatic heterocycles. The van der Waals surface area contributed by atoms with Crippen LogP contribution < -0.4 is 10.6 Å². The van der Waals surface area contributed by atoms with Crippen molar-refractivity contribution in [3.05, 3.63) is 12.5 Å². The third kappa shape index (κ3) is 3.36. The van der Waals surface area contributed by atoms with Gasteiger partial charge in [-0.15, -0.1) is 11.6 Å². The third-order valence-electron chi connectivity index (χ3n) is 2.74. The third-order valence-corrected chi connectivity index (χ3v) is 2.99. The minimum atomic E-state index is -0.192. The number of amides is 1. The van der Waals surface area contributed by atoms with Crippen LogP contribution in [0, 0.1) is 0 Å². The van der Waals surface area contributed by atoms with Crippen LogP contribution in [0.15, 0.2) is 12.5 Å². The fraction of sp³-hybridized carbons (Fsp3) is 0.500. The molecule has 0 saturated carbocycles. The number of hydrogen-bond acceptors (Lipinski definition) is 5. The van der Waals surface area contributed by atoms with E-state index in [0.29, 0.717) is 13.1 Å². The van der Waals surface area contributed by atoms with E-state index in [1.54, 1.807) is 10.9 Å². The number of carbonyl (C=O) groups is 1. The van der Waals surface area contributed by atoms with Crippen LogP contribution in [0.4, 0.5) is 5.82 Å². The second-order valence-corrected chi connectivity index (χ2v) is 4.50. The van der Waals surface area contributed by atoms with E-state index in [4.69, 9.17) is 11.6 Å².